The van der Waals surface area contributed by atoms with Crippen LogP contribution in [0.15, 0.2) is 41.8 Å². The number of nitrogens with one attached hydrogen (secondary N) is 3. The summed E-state index contributed by atoms with van der Waals surface area (Å²) in [6.07, 6.45) is 0.666. The van der Waals surface area contributed by atoms with Gasteiger partial charge in [0.25, 0.3) is 11.8 Å². The lowest BCUT2D eigenvalue weighted by molar-refractivity contribution is -0.138. The van der Waals surface area contributed by atoms with E-state index >= 15 is 0 Å². The summed E-state index contributed by atoms with van der Waals surface area (Å²) >= 11 is 0. The standard InChI is InChI=1S/C16H21N3O5/c1-2-8-17-14(22)13(16(24)19-10-12(20)21)15(23)18-9-11-6-4-3-5-7-11/h3-7,17,22H,2,8-10H2,1H3,(H,18,23)(H,19,24)(H,20,21)/b14-13-. The van der Waals surface area contributed by atoms with Gasteiger partial charge in [-0.05, 0) is 12.0 Å². The molecule has 1 rings (SSSR count). The quantitative estimate of drug-likeness (QED) is 0.191. The number of aliphatic carboxylic acids is 1. The van der Waals surface area contributed by atoms with Crippen molar-refractivity contribution in [2.45, 2.75) is 19.9 Å². The molecule has 0 heterocycles. The van der Waals surface area contributed by atoms with E-state index in [1.807, 2.05) is 13.0 Å². The number of carboxylic acid groups (broad SMARTS) is 1. The van der Waals surface area contributed by atoms with Gasteiger partial charge in [-0.2, -0.15) is 0 Å². The maximum absolute atomic E-state index is 12.2. The molecule has 8 heteroatoms. The molecule has 0 bridgehead atoms. The molecular weight excluding hydrogens is 314 g/mol. The number of hydrogen-bond donors (Lipinski definition) is 5. The van der Waals surface area contributed by atoms with Crippen molar-refractivity contribution in [1.29, 1.82) is 0 Å². The molecule has 0 aliphatic heterocycles. The molecule has 2 amide bonds. The van der Waals surface area contributed by atoms with E-state index in [0.717, 1.165) is 5.56 Å². The Labute approximate surface area is 139 Å². The number of carbonyl (C=O) groups excluding carboxylic acids is 2. The first kappa shape index (κ1) is 19.0. The van der Waals surface area contributed by atoms with Gasteiger partial charge in [-0.25, -0.2) is 0 Å². The van der Waals surface area contributed by atoms with Crippen LogP contribution in [0.1, 0.15) is 18.9 Å². The maximum Gasteiger partial charge on any atom is 0.322 e. The predicted molar refractivity (Wildman–Crippen MR) is 86.9 cm³/mol. The maximum atomic E-state index is 12.2. The summed E-state index contributed by atoms with van der Waals surface area (Å²) in [6.45, 7) is 1.71. The highest BCUT2D eigenvalue weighted by Gasteiger charge is 2.24. The summed E-state index contributed by atoms with van der Waals surface area (Å²) in [7, 11) is 0. The summed E-state index contributed by atoms with van der Waals surface area (Å²) < 4.78 is 0. The van der Waals surface area contributed by atoms with Crippen LogP contribution in [0.3, 0.4) is 0 Å². The average Bonchev–Trinajstić information content (AvgIpc) is 2.57. The molecular formula is C16H21N3O5. The van der Waals surface area contributed by atoms with Crippen molar-refractivity contribution in [3.63, 3.8) is 0 Å². The Morgan fingerprint density at radius 2 is 1.58 bits per heavy atom. The minimum atomic E-state index is -1.26. The van der Waals surface area contributed by atoms with Crippen LogP contribution in [0.25, 0.3) is 0 Å². The molecule has 5 N–H and O–H groups in total. The lowest BCUT2D eigenvalue weighted by Gasteiger charge is -2.12. The van der Waals surface area contributed by atoms with Crippen LogP contribution in [0.4, 0.5) is 0 Å². The number of hydrogen-bond acceptors (Lipinski definition) is 5. The number of aliphatic hydroxyl groups is 1. The van der Waals surface area contributed by atoms with Crippen LogP contribution in [-0.2, 0) is 20.9 Å². The van der Waals surface area contributed by atoms with Crippen LogP contribution < -0.4 is 16.0 Å². The van der Waals surface area contributed by atoms with Crippen molar-refractivity contribution in [3.8, 4) is 0 Å². The smallest absolute Gasteiger partial charge is 0.322 e. The van der Waals surface area contributed by atoms with Gasteiger partial charge in [0, 0.05) is 13.1 Å². The molecule has 0 aromatic heterocycles. The second-order valence-corrected chi connectivity index (χ2v) is 4.90. The Balaban J connectivity index is 2.84. The molecule has 1 aromatic rings. The van der Waals surface area contributed by atoms with Crippen LogP contribution in [0.5, 0.6) is 0 Å². The minimum Gasteiger partial charge on any atom is -0.494 e. The average molecular weight is 335 g/mol. The van der Waals surface area contributed by atoms with Crippen LogP contribution in [-0.4, -0.2) is 41.1 Å². The van der Waals surface area contributed by atoms with Gasteiger partial charge in [-0.3, -0.25) is 14.4 Å². The number of amides is 2. The van der Waals surface area contributed by atoms with Crippen molar-refractivity contribution in [1.82, 2.24) is 16.0 Å². The molecule has 0 spiro atoms. The topological polar surface area (TPSA) is 128 Å². The van der Waals surface area contributed by atoms with E-state index in [4.69, 9.17) is 5.11 Å². The zero-order valence-corrected chi connectivity index (χ0v) is 13.3. The monoisotopic (exact) mass is 335 g/mol. The van der Waals surface area contributed by atoms with E-state index in [9.17, 15) is 19.5 Å². The van der Waals surface area contributed by atoms with Gasteiger partial charge in [-0.15, -0.1) is 0 Å². The molecule has 0 saturated carbocycles. The van der Waals surface area contributed by atoms with Crippen molar-refractivity contribution in [2.24, 2.45) is 0 Å². The summed E-state index contributed by atoms with van der Waals surface area (Å²) in [4.78, 5) is 34.8. The highest BCUT2D eigenvalue weighted by atomic mass is 16.4. The van der Waals surface area contributed by atoms with E-state index in [0.29, 0.717) is 13.0 Å². The Morgan fingerprint density at radius 3 is 2.17 bits per heavy atom. The van der Waals surface area contributed by atoms with Gasteiger partial charge < -0.3 is 26.2 Å². The summed E-state index contributed by atoms with van der Waals surface area (Å²) in [6, 6.07) is 9.03. The summed E-state index contributed by atoms with van der Waals surface area (Å²) in [5.74, 6) is -3.62. The molecule has 0 atom stereocenters. The van der Waals surface area contributed by atoms with E-state index in [2.05, 4.69) is 16.0 Å². The Morgan fingerprint density at radius 1 is 0.958 bits per heavy atom. The Kier molecular flexibility index (Phi) is 7.83. The van der Waals surface area contributed by atoms with Crippen molar-refractivity contribution in [2.75, 3.05) is 13.1 Å². The van der Waals surface area contributed by atoms with Crippen LogP contribution >= 0.6 is 0 Å². The zero-order chi connectivity index (χ0) is 17.9. The first-order valence-corrected chi connectivity index (χ1v) is 7.45. The second-order valence-electron chi connectivity index (χ2n) is 4.90. The van der Waals surface area contributed by atoms with Crippen molar-refractivity contribution in [3.05, 3.63) is 47.4 Å². The molecule has 0 aliphatic rings. The van der Waals surface area contributed by atoms with Gasteiger partial charge in [-0.1, -0.05) is 37.3 Å². The second kappa shape index (κ2) is 9.88. The highest BCUT2D eigenvalue weighted by molar-refractivity contribution is 6.19. The molecule has 8 nitrogen and oxygen atoms in total. The lowest BCUT2D eigenvalue weighted by Crippen LogP contribution is -2.39. The van der Waals surface area contributed by atoms with E-state index in [1.165, 1.54) is 0 Å². The fourth-order valence-corrected chi connectivity index (χ4v) is 1.76. The minimum absolute atomic E-state index is 0.163. The molecule has 1 aromatic carbocycles. The van der Waals surface area contributed by atoms with Crippen molar-refractivity contribution >= 4 is 17.8 Å². The number of carboxylic acids is 1. The van der Waals surface area contributed by atoms with Crippen LogP contribution in [0.2, 0.25) is 0 Å². The lowest BCUT2D eigenvalue weighted by atomic mass is 10.2. The first-order chi connectivity index (χ1) is 11.5. The molecule has 0 saturated heterocycles. The molecule has 0 unspecified atom stereocenters. The number of benzene rings is 1. The van der Waals surface area contributed by atoms with Gasteiger partial charge in [0.1, 0.15) is 6.54 Å². The number of aliphatic hydroxyl groups excluding tert-OH is 1. The molecule has 0 radical (unpaired) electrons. The zero-order valence-electron chi connectivity index (χ0n) is 13.3. The van der Waals surface area contributed by atoms with Gasteiger partial charge >= 0.3 is 5.97 Å². The third-order valence-corrected chi connectivity index (χ3v) is 2.93. The van der Waals surface area contributed by atoms with Gasteiger partial charge in [0.2, 0.25) is 5.88 Å². The Bertz CT molecular complexity index is 613. The molecule has 0 aliphatic carbocycles. The number of rotatable bonds is 9. The third kappa shape index (κ3) is 6.39. The fraction of sp³-hybridized carbons (Fsp3) is 0.312. The molecule has 24 heavy (non-hydrogen) atoms. The van der Waals surface area contributed by atoms with Crippen LogP contribution in [0, 0.1) is 0 Å². The molecule has 130 valence electrons. The SMILES string of the molecule is CCCN/C(O)=C(/C(=O)NCC(=O)O)C(=O)NCc1ccccc1. The van der Waals surface area contributed by atoms with Gasteiger partial charge in [0.05, 0.1) is 0 Å². The van der Waals surface area contributed by atoms with E-state index in [1.54, 1.807) is 24.3 Å². The highest BCUT2D eigenvalue weighted by Crippen LogP contribution is 2.03. The van der Waals surface area contributed by atoms with E-state index in [-0.39, 0.29) is 6.54 Å². The predicted octanol–water partition coefficient (Wildman–Crippen LogP) is 0.273. The third-order valence-electron chi connectivity index (χ3n) is 2.93. The Hall–Kier alpha value is -3.03. The normalized spacial score (nSPS) is 11.2. The summed E-state index contributed by atoms with van der Waals surface area (Å²) in [5.41, 5.74) is 0.262. The number of carbonyl (C=O) groups is 3. The van der Waals surface area contributed by atoms with E-state index < -0.39 is 35.8 Å². The van der Waals surface area contributed by atoms with Crippen molar-refractivity contribution < 1.29 is 24.6 Å². The summed E-state index contributed by atoms with van der Waals surface area (Å²) in [5, 5.41) is 25.7. The first-order valence-electron chi connectivity index (χ1n) is 7.45. The van der Waals surface area contributed by atoms with Gasteiger partial charge in [0.15, 0.2) is 5.57 Å². The molecule has 0 fully saturated rings. The largest absolute Gasteiger partial charge is 0.494 e. The fourth-order valence-electron chi connectivity index (χ4n) is 1.76.